The lowest BCUT2D eigenvalue weighted by atomic mass is 10.1. The molecule has 3 rings (SSSR count). The van der Waals surface area contributed by atoms with E-state index in [9.17, 15) is 9.59 Å². The van der Waals surface area contributed by atoms with Crippen LogP contribution in [0.2, 0.25) is 0 Å². The van der Waals surface area contributed by atoms with E-state index in [4.69, 9.17) is 11.6 Å². The summed E-state index contributed by atoms with van der Waals surface area (Å²) in [6, 6.07) is 15.2. The van der Waals surface area contributed by atoms with Gasteiger partial charge in [0, 0.05) is 31.0 Å². The molecule has 2 amide bonds. The van der Waals surface area contributed by atoms with Crippen LogP contribution in [0.5, 0.6) is 0 Å². The summed E-state index contributed by atoms with van der Waals surface area (Å²) in [6.45, 7) is 3.93. The first-order chi connectivity index (χ1) is 13.0. The highest BCUT2D eigenvalue weighted by molar-refractivity contribution is 6.32. The van der Waals surface area contributed by atoms with Gasteiger partial charge in [-0.15, -0.1) is 11.6 Å². The third-order valence-corrected chi connectivity index (χ3v) is 4.81. The van der Waals surface area contributed by atoms with Crippen molar-refractivity contribution in [2.24, 2.45) is 0 Å². The lowest BCUT2D eigenvalue weighted by Gasteiger charge is -2.22. The minimum absolute atomic E-state index is 0.157. The Morgan fingerprint density at radius 2 is 1.81 bits per heavy atom. The first-order valence-electron chi connectivity index (χ1n) is 9.20. The van der Waals surface area contributed by atoms with Crippen molar-refractivity contribution in [1.82, 2.24) is 5.32 Å². The van der Waals surface area contributed by atoms with E-state index in [0.717, 1.165) is 37.2 Å². The smallest absolute Gasteiger partial charge is 0.253 e. The van der Waals surface area contributed by atoms with Crippen molar-refractivity contribution in [1.29, 1.82) is 0 Å². The minimum atomic E-state index is -0.640. The number of carbonyl (C=O) groups excluding carboxylic acids is 2. The Kier molecular flexibility index (Phi) is 6.35. The van der Waals surface area contributed by atoms with Crippen molar-refractivity contribution in [3.05, 3.63) is 59.7 Å². The van der Waals surface area contributed by atoms with E-state index in [1.165, 1.54) is 0 Å². The van der Waals surface area contributed by atoms with E-state index in [1.54, 1.807) is 13.0 Å². The Hall–Kier alpha value is -2.53. The number of rotatable bonds is 6. The number of benzene rings is 2. The van der Waals surface area contributed by atoms with Crippen molar-refractivity contribution in [2.45, 2.75) is 31.7 Å². The number of carbonyl (C=O) groups is 2. The maximum absolute atomic E-state index is 12.9. The lowest BCUT2D eigenvalue weighted by Crippen LogP contribution is -2.28. The summed E-state index contributed by atoms with van der Waals surface area (Å²) in [5.74, 6) is -0.447. The van der Waals surface area contributed by atoms with E-state index in [2.05, 4.69) is 15.5 Å². The van der Waals surface area contributed by atoms with Gasteiger partial charge in [-0.05, 0) is 43.5 Å². The number of hydrogen-bond donors (Lipinski definition) is 2. The molecule has 1 atom stereocenters. The van der Waals surface area contributed by atoms with Crippen molar-refractivity contribution >= 4 is 34.8 Å². The summed E-state index contributed by atoms with van der Waals surface area (Å²) < 4.78 is 0. The number of alkyl halides is 1. The van der Waals surface area contributed by atoms with Crippen LogP contribution in [0.25, 0.3) is 0 Å². The molecular formula is C21H24ClN3O2. The molecule has 0 aromatic heterocycles. The molecule has 27 heavy (non-hydrogen) atoms. The average molecular weight is 386 g/mol. The van der Waals surface area contributed by atoms with E-state index >= 15 is 0 Å². The van der Waals surface area contributed by atoms with Gasteiger partial charge in [-0.1, -0.05) is 30.3 Å². The van der Waals surface area contributed by atoms with Crippen LogP contribution in [-0.4, -0.2) is 30.3 Å². The molecule has 0 bridgehead atoms. The molecule has 0 radical (unpaired) electrons. The van der Waals surface area contributed by atoms with Gasteiger partial charge in [0.15, 0.2) is 0 Å². The molecule has 1 saturated heterocycles. The van der Waals surface area contributed by atoms with Gasteiger partial charge < -0.3 is 15.5 Å². The highest BCUT2D eigenvalue weighted by Crippen LogP contribution is 2.28. The summed E-state index contributed by atoms with van der Waals surface area (Å²) in [4.78, 5) is 27.0. The van der Waals surface area contributed by atoms with Gasteiger partial charge in [-0.25, -0.2) is 0 Å². The van der Waals surface area contributed by atoms with E-state index in [-0.39, 0.29) is 11.8 Å². The van der Waals surface area contributed by atoms with Crippen LogP contribution in [0.4, 0.5) is 11.4 Å². The highest BCUT2D eigenvalue weighted by Gasteiger charge is 2.21. The molecule has 2 aromatic rings. The standard InChI is InChI=1S/C21H24ClN3O2/c1-15(22)20(26)24-17-9-10-19(25-11-5-6-12-25)18(13-17)21(27)23-14-16-7-3-2-4-8-16/h2-4,7-10,13,15H,5-6,11-12,14H2,1H3,(H,23,27)(H,24,26)/t15-/m1/s1. The molecule has 5 nitrogen and oxygen atoms in total. The van der Waals surface area contributed by atoms with E-state index < -0.39 is 5.38 Å². The quantitative estimate of drug-likeness (QED) is 0.744. The predicted octanol–water partition coefficient (Wildman–Crippen LogP) is 3.78. The third kappa shape index (κ3) is 5.01. The van der Waals surface area contributed by atoms with Crippen LogP contribution in [-0.2, 0) is 11.3 Å². The molecule has 0 unspecified atom stereocenters. The molecule has 1 fully saturated rings. The van der Waals surface area contributed by atoms with Gasteiger partial charge in [-0.2, -0.15) is 0 Å². The van der Waals surface area contributed by atoms with Gasteiger partial charge in [0.1, 0.15) is 5.38 Å². The second-order valence-corrected chi connectivity index (χ2v) is 7.35. The fraction of sp³-hybridized carbons (Fsp3) is 0.333. The van der Waals surface area contributed by atoms with Gasteiger partial charge in [0.25, 0.3) is 5.91 Å². The van der Waals surface area contributed by atoms with Crippen molar-refractivity contribution in [3.8, 4) is 0 Å². The van der Waals surface area contributed by atoms with Crippen LogP contribution < -0.4 is 15.5 Å². The SMILES string of the molecule is C[C@@H](Cl)C(=O)Nc1ccc(N2CCCC2)c(C(=O)NCc2ccccc2)c1. The van der Waals surface area contributed by atoms with E-state index in [1.807, 2.05) is 42.5 Å². The van der Waals surface area contributed by atoms with Gasteiger partial charge in [-0.3, -0.25) is 9.59 Å². The van der Waals surface area contributed by atoms with Crippen LogP contribution >= 0.6 is 11.6 Å². The summed E-state index contributed by atoms with van der Waals surface area (Å²) in [6.07, 6.45) is 2.24. The fourth-order valence-electron chi connectivity index (χ4n) is 3.14. The number of hydrogen-bond acceptors (Lipinski definition) is 3. The highest BCUT2D eigenvalue weighted by atomic mass is 35.5. The Morgan fingerprint density at radius 3 is 2.48 bits per heavy atom. The molecule has 0 spiro atoms. The summed E-state index contributed by atoms with van der Waals surface area (Å²) in [5.41, 5.74) is 3.07. The van der Waals surface area contributed by atoms with E-state index in [0.29, 0.717) is 17.8 Å². The van der Waals surface area contributed by atoms with Crippen molar-refractivity contribution in [2.75, 3.05) is 23.3 Å². The zero-order chi connectivity index (χ0) is 19.2. The number of nitrogens with zero attached hydrogens (tertiary/aromatic N) is 1. The molecule has 2 aromatic carbocycles. The molecule has 6 heteroatoms. The van der Waals surface area contributed by atoms with Crippen molar-refractivity contribution < 1.29 is 9.59 Å². The zero-order valence-corrected chi connectivity index (χ0v) is 16.1. The Bertz CT molecular complexity index is 802. The first kappa shape index (κ1) is 19.2. The predicted molar refractivity (Wildman–Crippen MR) is 109 cm³/mol. The second kappa shape index (κ2) is 8.91. The Labute approximate surface area is 164 Å². The average Bonchev–Trinajstić information content (AvgIpc) is 3.21. The molecule has 1 aliphatic rings. The van der Waals surface area contributed by atoms with Crippen LogP contribution in [0.1, 0.15) is 35.7 Å². The van der Waals surface area contributed by atoms with Crippen LogP contribution in [0.15, 0.2) is 48.5 Å². The first-order valence-corrected chi connectivity index (χ1v) is 9.64. The zero-order valence-electron chi connectivity index (χ0n) is 15.4. The molecule has 142 valence electrons. The summed E-state index contributed by atoms with van der Waals surface area (Å²) >= 11 is 5.83. The van der Waals surface area contributed by atoms with Gasteiger partial charge >= 0.3 is 0 Å². The monoisotopic (exact) mass is 385 g/mol. The molecular weight excluding hydrogens is 362 g/mol. The summed E-state index contributed by atoms with van der Waals surface area (Å²) in [7, 11) is 0. The maximum Gasteiger partial charge on any atom is 0.253 e. The van der Waals surface area contributed by atoms with Gasteiger partial charge in [0.2, 0.25) is 5.91 Å². The van der Waals surface area contributed by atoms with Crippen LogP contribution in [0, 0.1) is 0 Å². The second-order valence-electron chi connectivity index (χ2n) is 6.70. The molecule has 1 aliphatic heterocycles. The molecule has 0 saturated carbocycles. The fourth-order valence-corrected chi connectivity index (χ4v) is 3.20. The maximum atomic E-state index is 12.9. The van der Waals surface area contributed by atoms with Crippen LogP contribution in [0.3, 0.4) is 0 Å². The summed E-state index contributed by atoms with van der Waals surface area (Å²) in [5, 5.41) is 5.10. The van der Waals surface area contributed by atoms with Crippen molar-refractivity contribution in [3.63, 3.8) is 0 Å². The Balaban J connectivity index is 1.82. The largest absolute Gasteiger partial charge is 0.371 e. The molecule has 1 heterocycles. The number of amides is 2. The number of anilines is 2. The molecule has 0 aliphatic carbocycles. The minimum Gasteiger partial charge on any atom is -0.371 e. The van der Waals surface area contributed by atoms with Gasteiger partial charge in [0.05, 0.1) is 5.56 Å². The number of nitrogens with one attached hydrogen (secondary N) is 2. The molecule has 2 N–H and O–H groups in total. The Morgan fingerprint density at radius 1 is 1.11 bits per heavy atom. The lowest BCUT2D eigenvalue weighted by molar-refractivity contribution is -0.115. The normalized spacial score (nSPS) is 14.7. The topological polar surface area (TPSA) is 61.4 Å². The number of halogens is 1. The third-order valence-electron chi connectivity index (χ3n) is 4.61.